The minimum absolute atomic E-state index is 0.0759. The fourth-order valence-electron chi connectivity index (χ4n) is 1.91. The van der Waals surface area contributed by atoms with E-state index >= 15 is 0 Å². The first kappa shape index (κ1) is 12.1. The van der Waals surface area contributed by atoms with Crippen LogP contribution in [0, 0.1) is 12.8 Å². The number of nitrogens with zero attached hydrogens (tertiary/aromatic N) is 1. The van der Waals surface area contributed by atoms with E-state index in [2.05, 4.69) is 10.5 Å². The third-order valence-electron chi connectivity index (χ3n) is 2.70. The van der Waals surface area contributed by atoms with Crippen LogP contribution in [0.25, 0.3) is 0 Å². The van der Waals surface area contributed by atoms with E-state index in [-0.39, 0.29) is 29.8 Å². The Hall–Kier alpha value is -1.37. The van der Waals surface area contributed by atoms with Gasteiger partial charge in [0.2, 0.25) is 5.91 Å². The lowest BCUT2D eigenvalue weighted by atomic mass is 10.1. The van der Waals surface area contributed by atoms with Crippen molar-refractivity contribution in [2.45, 2.75) is 19.8 Å². The smallest absolute Gasteiger partial charge is 0.225 e. The highest BCUT2D eigenvalue weighted by Crippen LogP contribution is 2.22. The Balaban J connectivity index is 1.86. The van der Waals surface area contributed by atoms with E-state index in [0.29, 0.717) is 18.0 Å². The topological polar surface area (TPSA) is 89.3 Å². The molecule has 1 saturated heterocycles. The maximum atomic E-state index is 11.6. The van der Waals surface area contributed by atoms with Gasteiger partial charge in [-0.25, -0.2) is 8.42 Å². The lowest BCUT2D eigenvalue weighted by Crippen LogP contribution is -2.17. The monoisotopic (exact) mass is 258 g/mol. The van der Waals surface area contributed by atoms with Gasteiger partial charge in [0.05, 0.1) is 11.5 Å². The summed E-state index contributed by atoms with van der Waals surface area (Å²) in [7, 11) is -2.92. The molecule has 94 valence electrons. The predicted octanol–water partition coefficient (Wildman–Crippen LogP) is 0.746. The quantitative estimate of drug-likeness (QED) is 0.864. The van der Waals surface area contributed by atoms with Crippen LogP contribution >= 0.6 is 0 Å². The van der Waals surface area contributed by atoms with Crippen molar-refractivity contribution in [1.82, 2.24) is 5.16 Å². The summed E-state index contributed by atoms with van der Waals surface area (Å²) < 4.78 is 27.3. The van der Waals surface area contributed by atoms with Crippen LogP contribution in [0.1, 0.15) is 18.6 Å². The molecule has 2 heterocycles. The second kappa shape index (κ2) is 4.48. The van der Waals surface area contributed by atoms with Crippen LogP contribution in [-0.4, -0.2) is 31.0 Å². The van der Waals surface area contributed by atoms with E-state index in [1.807, 2.05) is 0 Å². The van der Waals surface area contributed by atoms with Gasteiger partial charge in [-0.05, 0) is 19.3 Å². The minimum Gasteiger partial charge on any atom is -0.360 e. The van der Waals surface area contributed by atoms with Crippen LogP contribution in [0.2, 0.25) is 0 Å². The Morgan fingerprint density at radius 1 is 1.65 bits per heavy atom. The summed E-state index contributed by atoms with van der Waals surface area (Å²) in [5, 5.41) is 6.21. The lowest BCUT2D eigenvalue weighted by molar-refractivity contribution is -0.116. The first-order chi connectivity index (χ1) is 7.94. The molecule has 0 bridgehead atoms. The van der Waals surface area contributed by atoms with E-state index in [4.69, 9.17) is 4.52 Å². The third-order valence-corrected chi connectivity index (χ3v) is 4.53. The summed E-state index contributed by atoms with van der Waals surface area (Å²) in [6.07, 6.45) is 0.777. The lowest BCUT2D eigenvalue weighted by Gasteiger charge is -2.05. The molecule has 1 aromatic rings. The van der Waals surface area contributed by atoms with Gasteiger partial charge >= 0.3 is 0 Å². The zero-order valence-electron chi connectivity index (χ0n) is 9.47. The highest BCUT2D eigenvalue weighted by atomic mass is 32.2. The van der Waals surface area contributed by atoms with Gasteiger partial charge in [-0.3, -0.25) is 4.79 Å². The van der Waals surface area contributed by atoms with Crippen LogP contribution in [0.5, 0.6) is 0 Å². The highest BCUT2D eigenvalue weighted by molar-refractivity contribution is 7.91. The van der Waals surface area contributed by atoms with Gasteiger partial charge in [-0.15, -0.1) is 0 Å². The summed E-state index contributed by atoms with van der Waals surface area (Å²) in [4.78, 5) is 11.6. The van der Waals surface area contributed by atoms with Crippen LogP contribution in [-0.2, 0) is 14.6 Å². The Morgan fingerprint density at radius 3 is 2.94 bits per heavy atom. The SMILES string of the molecule is Cc1cc(NC(=O)CC2CCS(=O)(=O)C2)no1. The molecule has 0 saturated carbocycles. The minimum atomic E-state index is -2.92. The maximum Gasteiger partial charge on any atom is 0.225 e. The summed E-state index contributed by atoms with van der Waals surface area (Å²) in [6, 6.07) is 1.61. The third kappa shape index (κ3) is 3.29. The molecule has 6 nitrogen and oxygen atoms in total. The van der Waals surface area contributed by atoms with Crippen molar-refractivity contribution in [3.05, 3.63) is 11.8 Å². The maximum absolute atomic E-state index is 11.6. The van der Waals surface area contributed by atoms with Crippen molar-refractivity contribution in [1.29, 1.82) is 0 Å². The largest absolute Gasteiger partial charge is 0.360 e. The van der Waals surface area contributed by atoms with Crippen LogP contribution in [0.3, 0.4) is 0 Å². The zero-order chi connectivity index (χ0) is 12.5. The van der Waals surface area contributed by atoms with Crippen molar-refractivity contribution >= 4 is 21.6 Å². The molecule has 0 aliphatic carbocycles. The molecule has 1 aromatic heterocycles. The number of aromatic nitrogens is 1. The molecule has 0 radical (unpaired) electrons. The van der Waals surface area contributed by atoms with Crippen molar-refractivity contribution in [3.8, 4) is 0 Å². The number of nitrogens with one attached hydrogen (secondary N) is 1. The Labute approximate surface area is 99.3 Å². The predicted molar refractivity (Wildman–Crippen MR) is 61.2 cm³/mol. The molecular formula is C10H14N2O4S. The van der Waals surface area contributed by atoms with Crippen molar-refractivity contribution in [2.75, 3.05) is 16.8 Å². The van der Waals surface area contributed by atoms with Crippen molar-refractivity contribution < 1.29 is 17.7 Å². The van der Waals surface area contributed by atoms with Crippen LogP contribution in [0.15, 0.2) is 10.6 Å². The number of aryl methyl sites for hydroxylation is 1. The molecule has 0 aromatic carbocycles. The standard InChI is InChI=1S/C10H14N2O4S/c1-7-4-9(12-16-7)11-10(13)5-8-2-3-17(14,15)6-8/h4,8H,2-3,5-6H2,1H3,(H,11,12,13). The van der Waals surface area contributed by atoms with Gasteiger partial charge in [0.25, 0.3) is 0 Å². The molecule has 1 atom stereocenters. The van der Waals surface area contributed by atoms with Gasteiger partial charge < -0.3 is 9.84 Å². The summed E-state index contributed by atoms with van der Waals surface area (Å²) in [5.74, 6) is 0.984. The second-order valence-electron chi connectivity index (χ2n) is 4.34. The van der Waals surface area contributed by atoms with Gasteiger partial charge in [0.1, 0.15) is 5.76 Å². The molecule has 1 amide bonds. The van der Waals surface area contributed by atoms with E-state index in [0.717, 1.165) is 0 Å². The average Bonchev–Trinajstić information content (AvgIpc) is 2.73. The van der Waals surface area contributed by atoms with E-state index in [1.54, 1.807) is 13.0 Å². The Bertz CT molecular complexity index is 520. The fraction of sp³-hybridized carbons (Fsp3) is 0.600. The highest BCUT2D eigenvalue weighted by Gasteiger charge is 2.29. The van der Waals surface area contributed by atoms with Crippen molar-refractivity contribution in [2.24, 2.45) is 5.92 Å². The first-order valence-corrected chi connectivity index (χ1v) is 7.20. The summed E-state index contributed by atoms with van der Waals surface area (Å²) >= 11 is 0. The van der Waals surface area contributed by atoms with Crippen molar-refractivity contribution in [3.63, 3.8) is 0 Å². The molecule has 1 N–H and O–H groups in total. The molecule has 1 unspecified atom stereocenters. The fourth-order valence-corrected chi connectivity index (χ4v) is 3.78. The number of carbonyl (C=O) groups excluding carboxylic acids is 1. The number of amides is 1. The number of carbonyl (C=O) groups is 1. The average molecular weight is 258 g/mol. The summed E-state index contributed by atoms with van der Waals surface area (Å²) in [6.45, 7) is 1.73. The Kier molecular flexibility index (Phi) is 3.19. The van der Waals surface area contributed by atoms with Crippen LogP contribution in [0.4, 0.5) is 5.82 Å². The molecule has 0 spiro atoms. The van der Waals surface area contributed by atoms with Crippen LogP contribution < -0.4 is 5.32 Å². The van der Waals surface area contributed by atoms with E-state index in [1.165, 1.54) is 0 Å². The Morgan fingerprint density at radius 2 is 2.41 bits per heavy atom. The molecular weight excluding hydrogens is 244 g/mol. The number of anilines is 1. The van der Waals surface area contributed by atoms with Gasteiger partial charge in [-0.2, -0.15) is 0 Å². The molecule has 1 fully saturated rings. The van der Waals surface area contributed by atoms with E-state index < -0.39 is 9.84 Å². The number of hydrogen-bond donors (Lipinski definition) is 1. The second-order valence-corrected chi connectivity index (χ2v) is 6.57. The first-order valence-electron chi connectivity index (χ1n) is 5.38. The van der Waals surface area contributed by atoms with Gasteiger partial charge in [-0.1, -0.05) is 5.16 Å². The normalized spacial score (nSPS) is 22.5. The molecule has 7 heteroatoms. The molecule has 1 aliphatic rings. The molecule has 1 aliphatic heterocycles. The van der Waals surface area contributed by atoms with E-state index in [9.17, 15) is 13.2 Å². The number of hydrogen-bond acceptors (Lipinski definition) is 5. The van der Waals surface area contributed by atoms with Gasteiger partial charge in [0.15, 0.2) is 15.7 Å². The van der Waals surface area contributed by atoms with Gasteiger partial charge in [0, 0.05) is 12.5 Å². The summed E-state index contributed by atoms with van der Waals surface area (Å²) in [5.41, 5.74) is 0. The molecule has 17 heavy (non-hydrogen) atoms. The number of sulfone groups is 1. The number of rotatable bonds is 3. The zero-order valence-corrected chi connectivity index (χ0v) is 10.3. The molecule has 2 rings (SSSR count).